The molecule has 10 aromatic carbocycles. The fourth-order valence-electron chi connectivity index (χ4n) is 10.2. The molecular formula is C60H32O5. The summed E-state index contributed by atoms with van der Waals surface area (Å²) in [6, 6.07) is 68.1. The van der Waals surface area contributed by atoms with Gasteiger partial charge in [0.05, 0.1) is 0 Å². The van der Waals surface area contributed by atoms with Crippen LogP contribution in [0.3, 0.4) is 0 Å². The molecule has 0 atom stereocenters. The second-order valence-electron chi connectivity index (χ2n) is 17.2. The van der Waals surface area contributed by atoms with E-state index in [2.05, 4.69) is 170 Å². The maximum atomic E-state index is 6.42. The molecular weight excluding hydrogens is 801 g/mol. The summed E-state index contributed by atoms with van der Waals surface area (Å²) >= 11 is 0. The molecule has 5 heterocycles. The van der Waals surface area contributed by atoms with E-state index in [0.29, 0.717) is 0 Å². The zero-order valence-electron chi connectivity index (χ0n) is 34.5. The quantitative estimate of drug-likeness (QED) is 0.177. The molecule has 0 aliphatic carbocycles. The van der Waals surface area contributed by atoms with Crippen LogP contribution in [-0.2, 0) is 0 Å². The Morgan fingerprint density at radius 2 is 0.323 bits per heavy atom. The highest BCUT2D eigenvalue weighted by atomic mass is 16.3. The third-order valence-corrected chi connectivity index (χ3v) is 13.5. The zero-order chi connectivity index (χ0) is 42.3. The molecule has 0 aliphatic rings. The largest absolute Gasteiger partial charge is 0.456 e. The van der Waals surface area contributed by atoms with Crippen LogP contribution in [-0.4, -0.2) is 0 Å². The second kappa shape index (κ2) is 12.9. The first-order valence-electron chi connectivity index (χ1n) is 21.9. The van der Waals surface area contributed by atoms with Crippen LogP contribution >= 0.6 is 0 Å². The maximum absolute atomic E-state index is 6.42. The van der Waals surface area contributed by atoms with Gasteiger partial charge in [-0.1, -0.05) is 84.9 Å². The van der Waals surface area contributed by atoms with Crippen molar-refractivity contribution in [3.8, 4) is 44.5 Å². The molecule has 0 fully saturated rings. The number of rotatable bonds is 4. The molecule has 0 spiro atoms. The molecule has 302 valence electrons. The van der Waals surface area contributed by atoms with Gasteiger partial charge in [0.1, 0.15) is 55.8 Å². The van der Waals surface area contributed by atoms with Crippen LogP contribution in [0.4, 0.5) is 0 Å². The van der Waals surface area contributed by atoms with Crippen LogP contribution < -0.4 is 0 Å². The SMILES string of the molecule is c1ccc2c(c1)oc1ccc(-c3ccc4oc5ccc(-c6ccc7oc8ccc(-c9ccc%10oc%11ccc(-c%12ccc%13oc%14ccccc%14c%13c%12)cc%11c%10c9)cc8c7c6)cc5c4c3)cc12. The van der Waals surface area contributed by atoms with E-state index in [1.54, 1.807) is 0 Å². The van der Waals surface area contributed by atoms with E-state index in [1.807, 2.05) is 24.3 Å². The van der Waals surface area contributed by atoms with Gasteiger partial charge in [0.15, 0.2) is 0 Å². The Kier molecular flexibility index (Phi) is 6.89. The second-order valence-corrected chi connectivity index (χ2v) is 17.2. The molecule has 0 N–H and O–H groups in total. The highest BCUT2D eigenvalue weighted by molar-refractivity contribution is 6.13. The van der Waals surface area contributed by atoms with E-state index < -0.39 is 0 Å². The fraction of sp³-hybridized carbons (Fsp3) is 0. The molecule has 65 heavy (non-hydrogen) atoms. The van der Waals surface area contributed by atoms with Crippen molar-refractivity contribution in [3.63, 3.8) is 0 Å². The molecule has 0 saturated carbocycles. The van der Waals surface area contributed by atoms with Crippen molar-refractivity contribution < 1.29 is 22.1 Å². The van der Waals surface area contributed by atoms with Crippen LogP contribution in [0.25, 0.3) is 154 Å². The average molecular weight is 833 g/mol. The van der Waals surface area contributed by atoms with E-state index >= 15 is 0 Å². The molecule has 15 rings (SSSR count). The van der Waals surface area contributed by atoms with E-state index in [1.165, 1.54) is 0 Å². The first-order chi connectivity index (χ1) is 32.1. The van der Waals surface area contributed by atoms with E-state index in [0.717, 1.165) is 154 Å². The number of furan rings is 5. The van der Waals surface area contributed by atoms with Gasteiger partial charge in [0, 0.05) is 53.9 Å². The Morgan fingerprint density at radius 3 is 0.538 bits per heavy atom. The topological polar surface area (TPSA) is 65.7 Å². The third-order valence-electron chi connectivity index (χ3n) is 13.5. The molecule has 5 aromatic heterocycles. The summed E-state index contributed by atoms with van der Waals surface area (Å²) in [4.78, 5) is 0. The monoisotopic (exact) mass is 832 g/mol. The first kappa shape index (κ1) is 34.7. The van der Waals surface area contributed by atoms with Crippen molar-refractivity contribution in [2.45, 2.75) is 0 Å². The lowest BCUT2D eigenvalue weighted by atomic mass is 9.97. The van der Waals surface area contributed by atoms with E-state index in [4.69, 9.17) is 22.1 Å². The predicted octanol–water partition coefficient (Wildman–Crippen LogP) is 17.9. The van der Waals surface area contributed by atoms with Gasteiger partial charge in [-0.25, -0.2) is 0 Å². The van der Waals surface area contributed by atoms with Gasteiger partial charge in [-0.05, 0) is 154 Å². The summed E-state index contributed by atoms with van der Waals surface area (Å²) in [5.74, 6) is 0. The summed E-state index contributed by atoms with van der Waals surface area (Å²) in [7, 11) is 0. The lowest BCUT2D eigenvalue weighted by Gasteiger charge is -2.05. The normalized spacial score (nSPS) is 12.3. The molecule has 0 radical (unpaired) electrons. The summed E-state index contributed by atoms with van der Waals surface area (Å²) in [5, 5.41) is 10.9. The highest BCUT2D eigenvalue weighted by Crippen LogP contribution is 2.41. The summed E-state index contributed by atoms with van der Waals surface area (Å²) in [6.07, 6.45) is 0. The van der Waals surface area contributed by atoms with Gasteiger partial charge in [0.25, 0.3) is 0 Å². The summed E-state index contributed by atoms with van der Waals surface area (Å²) < 4.78 is 31.4. The summed E-state index contributed by atoms with van der Waals surface area (Å²) in [5.41, 5.74) is 17.7. The maximum Gasteiger partial charge on any atom is 0.135 e. The molecule has 0 aliphatic heterocycles. The van der Waals surface area contributed by atoms with E-state index in [9.17, 15) is 0 Å². The number of benzene rings is 10. The lowest BCUT2D eigenvalue weighted by molar-refractivity contribution is 0.668. The molecule has 15 aromatic rings. The van der Waals surface area contributed by atoms with Crippen molar-refractivity contribution in [3.05, 3.63) is 194 Å². The molecule has 5 nitrogen and oxygen atoms in total. The van der Waals surface area contributed by atoms with Crippen LogP contribution in [0.2, 0.25) is 0 Å². The standard InChI is InChI=1S/C60H32O5/c1-3-7-51-41(5-1)43-25-33(9-17-53(43)61-51)35-11-19-55-45(27-35)47-29-37(13-21-57(47)63-55)39-15-23-59-49(31-39)50-32-40(16-24-60(50)65-59)38-14-22-58-48(30-38)46-28-36(12-20-56(46)64-58)34-10-18-54-44(26-34)42-6-2-4-8-52(42)62-54/h1-32H. The van der Waals surface area contributed by atoms with Gasteiger partial charge < -0.3 is 22.1 Å². The van der Waals surface area contributed by atoms with E-state index in [-0.39, 0.29) is 0 Å². The fourth-order valence-corrected chi connectivity index (χ4v) is 10.2. The van der Waals surface area contributed by atoms with Crippen molar-refractivity contribution in [2.75, 3.05) is 0 Å². The van der Waals surface area contributed by atoms with Gasteiger partial charge in [0.2, 0.25) is 0 Å². The lowest BCUT2D eigenvalue weighted by Crippen LogP contribution is -1.80. The van der Waals surface area contributed by atoms with Crippen molar-refractivity contribution >= 4 is 110 Å². The number of fused-ring (bicyclic) bond motifs is 15. The Bertz CT molecular complexity index is 4200. The van der Waals surface area contributed by atoms with Crippen molar-refractivity contribution in [2.24, 2.45) is 0 Å². The Morgan fingerprint density at radius 1 is 0.154 bits per heavy atom. The van der Waals surface area contributed by atoms with Gasteiger partial charge >= 0.3 is 0 Å². The van der Waals surface area contributed by atoms with Crippen molar-refractivity contribution in [1.29, 1.82) is 0 Å². The number of hydrogen-bond donors (Lipinski definition) is 0. The predicted molar refractivity (Wildman–Crippen MR) is 265 cm³/mol. The smallest absolute Gasteiger partial charge is 0.135 e. The molecule has 0 bridgehead atoms. The minimum absolute atomic E-state index is 0.855. The summed E-state index contributed by atoms with van der Waals surface area (Å²) in [6.45, 7) is 0. The highest BCUT2D eigenvalue weighted by Gasteiger charge is 2.17. The van der Waals surface area contributed by atoms with Gasteiger partial charge in [-0.15, -0.1) is 0 Å². The molecule has 0 saturated heterocycles. The Hall–Kier alpha value is -8.80. The van der Waals surface area contributed by atoms with Crippen LogP contribution in [0.15, 0.2) is 216 Å². The Balaban J connectivity index is 0.796. The van der Waals surface area contributed by atoms with Crippen LogP contribution in [0, 0.1) is 0 Å². The van der Waals surface area contributed by atoms with Crippen LogP contribution in [0.5, 0.6) is 0 Å². The molecule has 0 amide bonds. The van der Waals surface area contributed by atoms with Gasteiger partial charge in [-0.2, -0.15) is 0 Å². The van der Waals surface area contributed by atoms with Crippen LogP contribution in [0.1, 0.15) is 0 Å². The first-order valence-corrected chi connectivity index (χ1v) is 21.9. The van der Waals surface area contributed by atoms with Crippen molar-refractivity contribution in [1.82, 2.24) is 0 Å². The zero-order valence-corrected chi connectivity index (χ0v) is 34.5. The third kappa shape index (κ3) is 5.21. The number of hydrogen-bond acceptors (Lipinski definition) is 5. The number of para-hydroxylation sites is 2. The minimum atomic E-state index is 0.855. The Labute approximate surface area is 368 Å². The molecule has 0 unspecified atom stereocenters. The molecule has 5 heteroatoms. The minimum Gasteiger partial charge on any atom is -0.456 e. The average Bonchev–Trinajstić information content (AvgIpc) is 4.18. The van der Waals surface area contributed by atoms with Gasteiger partial charge in [-0.3, -0.25) is 0 Å².